The van der Waals surface area contributed by atoms with Gasteiger partial charge >= 0.3 is 0 Å². The summed E-state index contributed by atoms with van der Waals surface area (Å²) < 4.78 is 7.51. The van der Waals surface area contributed by atoms with Crippen LogP contribution in [0.3, 0.4) is 0 Å². The number of nitrogens with zero attached hydrogens (tertiary/aromatic N) is 6. The zero-order chi connectivity index (χ0) is 37.7. The Kier molecular flexibility index (Phi) is 10.5. The van der Waals surface area contributed by atoms with Crippen LogP contribution in [0.15, 0.2) is 133 Å². The van der Waals surface area contributed by atoms with Crippen LogP contribution in [0.4, 0.5) is 0 Å². The Morgan fingerprint density at radius 1 is 0.709 bits per heavy atom. The molecule has 8 nitrogen and oxygen atoms in total. The Morgan fingerprint density at radius 3 is 2.18 bits per heavy atom. The van der Waals surface area contributed by atoms with Crippen LogP contribution in [0.2, 0.25) is 5.15 Å². The molecule has 0 saturated heterocycles. The summed E-state index contributed by atoms with van der Waals surface area (Å²) in [5.41, 5.74) is 10.3. The fourth-order valence-electron chi connectivity index (χ4n) is 7.33. The SMILES string of the molecule is CCCCc1nc(Cl)c(CO)n1Cc1ccc(-c2ccccc2-c2nnn(Cc3ccccc3-c3ccc4ccccc4c3-c3ccc(OC)cc3)n2)cc1. The van der Waals surface area contributed by atoms with Gasteiger partial charge in [0, 0.05) is 18.5 Å². The molecule has 6 aromatic carbocycles. The lowest BCUT2D eigenvalue weighted by molar-refractivity contribution is 0.271. The minimum Gasteiger partial charge on any atom is -0.497 e. The number of hydrogen-bond donors (Lipinski definition) is 1. The Balaban J connectivity index is 1.08. The van der Waals surface area contributed by atoms with Crippen molar-refractivity contribution >= 4 is 22.4 Å². The van der Waals surface area contributed by atoms with Crippen molar-refractivity contribution in [3.63, 3.8) is 0 Å². The number of aryl methyl sites for hydroxylation is 1. The Morgan fingerprint density at radius 2 is 1.42 bits per heavy atom. The quantitative estimate of drug-likeness (QED) is 0.126. The zero-order valence-electron chi connectivity index (χ0n) is 30.9. The predicted octanol–water partition coefficient (Wildman–Crippen LogP) is 10.3. The van der Waals surface area contributed by atoms with Gasteiger partial charge in [-0.1, -0.05) is 146 Å². The van der Waals surface area contributed by atoms with Gasteiger partial charge in [-0.3, -0.25) is 0 Å². The molecule has 55 heavy (non-hydrogen) atoms. The molecule has 0 fully saturated rings. The van der Waals surface area contributed by atoms with E-state index in [1.807, 2.05) is 34.9 Å². The van der Waals surface area contributed by atoms with E-state index in [2.05, 4.69) is 125 Å². The highest BCUT2D eigenvalue weighted by Gasteiger charge is 2.18. The van der Waals surface area contributed by atoms with Crippen molar-refractivity contribution in [1.29, 1.82) is 0 Å². The maximum Gasteiger partial charge on any atom is 0.205 e. The highest BCUT2D eigenvalue weighted by atomic mass is 35.5. The molecule has 0 saturated carbocycles. The Hall–Kier alpha value is -6.09. The van der Waals surface area contributed by atoms with Crippen molar-refractivity contribution in [2.45, 2.75) is 45.9 Å². The topological polar surface area (TPSA) is 90.9 Å². The number of aliphatic hydroxyl groups excluding tert-OH is 1. The number of unbranched alkanes of at least 4 members (excludes halogenated alkanes) is 1. The smallest absolute Gasteiger partial charge is 0.205 e. The first-order chi connectivity index (χ1) is 27.0. The molecule has 0 atom stereocenters. The number of tetrazole rings is 1. The van der Waals surface area contributed by atoms with Crippen LogP contribution in [0.25, 0.3) is 55.5 Å². The van der Waals surface area contributed by atoms with E-state index in [1.165, 1.54) is 16.3 Å². The summed E-state index contributed by atoms with van der Waals surface area (Å²) in [6.07, 6.45) is 2.88. The number of hydrogen-bond acceptors (Lipinski definition) is 6. The van der Waals surface area contributed by atoms with Gasteiger partial charge in [-0.25, -0.2) is 4.98 Å². The minimum absolute atomic E-state index is 0.156. The number of aliphatic hydroxyl groups is 1. The van der Waals surface area contributed by atoms with Gasteiger partial charge < -0.3 is 14.4 Å². The molecular formula is C46H41ClN6O2. The summed E-state index contributed by atoms with van der Waals surface area (Å²) in [6, 6.07) is 46.2. The number of rotatable bonds is 13. The standard InChI is InChI=1S/C46H41ClN6O2/c1-3-4-17-43-48-45(47)42(30-54)52(43)28-31-18-20-33(21-19-31)37-13-9-10-16-41(37)46-49-51-53(50-46)29-35-12-6-7-14-38(35)40-27-24-32-11-5-8-15-39(32)44(40)34-22-25-36(55-2)26-23-34/h5-16,18-27,54H,3-4,17,28-30H2,1-2H3. The molecule has 0 amide bonds. The van der Waals surface area contributed by atoms with Gasteiger partial charge in [0.15, 0.2) is 5.15 Å². The van der Waals surface area contributed by atoms with Gasteiger partial charge in [-0.15, -0.1) is 10.2 Å². The molecule has 2 heterocycles. The first-order valence-electron chi connectivity index (χ1n) is 18.6. The van der Waals surface area contributed by atoms with Crippen molar-refractivity contribution in [1.82, 2.24) is 29.8 Å². The Bertz CT molecular complexity index is 2580. The van der Waals surface area contributed by atoms with E-state index in [1.54, 1.807) is 11.9 Å². The second-order valence-corrected chi connectivity index (χ2v) is 14.0. The largest absolute Gasteiger partial charge is 0.497 e. The van der Waals surface area contributed by atoms with Gasteiger partial charge in [0.25, 0.3) is 0 Å². The molecule has 8 rings (SSSR count). The summed E-state index contributed by atoms with van der Waals surface area (Å²) in [6.45, 7) is 3.02. The zero-order valence-corrected chi connectivity index (χ0v) is 31.6. The molecule has 1 N–H and O–H groups in total. The molecule has 0 spiro atoms. The number of methoxy groups -OCH3 is 1. The number of benzene rings is 6. The van der Waals surface area contributed by atoms with Crippen LogP contribution in [0.5, 0.6) is 5.75 Å². The monoisotopic (exact) mass is 744 g/mol. The van der Waals surface area contributed by atoms with Crippen LogP contribution in [-0.4, -0.2) is 42.0 Å². The predicted molar refractivity (Wildman–Crippen MR) is 220 cm³/mol. The molecular weight excluding hydrogens is 704 g/mol. The molecule has 0 aliphatic heterocycles. The second kappa shape index (κ2) is 16.1. The number of halogens is 1. The van der Waals surface area contributed by atoms with Crippen molar-refractivity contribution in [2.24, 2.45) is 0 Å². The number of ether oxygens (including phenoxy) is 1. The highest BCUT2D eigenvalue weighted by Crippen LogP contribution is 2.40. The fourth-order valence-corrected chi connectivity index (χ4v) is 7.59. The van der Waals surface area contributed by atoms with Crippen LogP contribution < -0.4 is 4.74 Å². The molecule has 0 bridgehead atoms. The van der Waals surface area contributed by atoms with Crippen LogP contribution in [0.1, 0.15) is 42.4 Å². The van der Waals surface area contributed by atoms with E-state index in [9.17, 15) is 5.11 Å². The lowest BCUT2D eigenvalue weighted by atomic mass is 9.88. The molecule has 9 heteroatoms. The minimum atomic E-state index is -0.156. The number of fused-ring (bicyclic) bond motifs is 1. The lowest BCUT2D eigenvalue weighted by Crippen LogP contribution is -2.09. The Labute approximate surface area is 325 Å². The number of imidazole rings is 1. The summed E-state index contributed by atoms with van der Waals surface area (Å²) in [5, 5.41) is 26.8. The normalized spacial score (nSPS) is 11.3. The summed E-state index contributed by atoms with van der Waals surface area (Å²) >= 11 is 6.40. The maximum atomic E-state index is 10.0. The fraction of sp³-hybridized carbons (Fsp3) is 0.174. The third-order valence-electron chi connectivity index (χ3n) is 10.2. The second-order valence-electron chi connectivity index (χ2n) is 13.6. The summed E-state index contributed by atoms with van der Waals surface area (Å²) in [4.78, 5) is 6.22. The summed E-state index contributed by atoms with van der Waals surface area (Å²) in [5.74, 6) is 2.28. The van der Waals surface area contributed by atoms with Crippen LogP contribution in [0, 0.1) is 0 Å². The van der Waals surface area contributed by atoms with E-state index >= 15 is 0 Å². The van der Waals surface area contributed by atoms with Gasteiger partial charge in [-0.2, -0.15) is 4.80 Å². The molecule has 274 valence electrons. The first kappa shape index (κ1) is 35.9. The van der Waals surface area contributed by atoms with E-state index in [0.29, 0.717) is 29.8 Å². The van der Waals surface area contributed by atoms with Crippen molar-refractivity contribution in [3.05, 3.63) is 161 Å². The third-order valence-corrected chi connectivity index (χ3v) is 10.5. The highest BCUT2D eigenvalue weighted by molar-refractivity contribution is 6.30. The molecule has 0 radical (unpaired) electrons. The molecule has 2 aromatic heterocycles. The average Bonchev–Trinajstić information content (AvgIpc) is 3.82. The number of aromatic nitrogens is 6. The van der Waals surface area contributed by atoms with E-state index in [4.69, 9.17) is 21.4 Å². The molecule has 0 aliphatic carbocycles. The van der Waals surface area contributed by atoms with Crippen LogP contribution >= 0.6 is 11.6 Å². The van der Waals surface area contributed by atoms with Crippen molar-refractivity contribution < 1.29 is 9.84 Å². The first-order valence-corrected chi connectivity index (χ1v) is 19.0. The molecule has 8 aromatic rings. The van der Waals surface area contributed by atoms with Gasteiger partial charge in [0.1, 0.15) is 11.6 Å². The lowest BCUT2D eigenvalue weighted by Gasteiger charge is -2.17. The molecule has 0 aliphatic rings. The van der Waals surface area contributed by atoms with Crippen LogP contribution in [-0.2, 0) is 26.1 Å². The van der Waals surface area contributed by atoms with Crippen molar-refractivity contribution in [3.8, 4) is 50.5 Å². The average molecular weight is 745 g/mol. The van der Waals surface area contributed by atoms with Gasteiger partial charge in [0.2, 0.25) is 5.82 Å². The van der Waals surface area contributed by atoms with Gasteiger partial charge in [-0.05, 0) is 79.0 Å². The van der Waals surface area contributed by atoms with E-state index in [0.717, 1.165) is 75.3 Å². The third kappa shape index (κ3) is 7.39. The maximum absolute atomic E-state index is 10.0. The summed E-state index contributed by atoms with van der Waals surface area (Å²) in [7, 11) is 1.69. The van der Waals surface area contributed by atoms with Gasteiger partial charge in [0.05, 0.1) is 26.0 Å². The van der Waals surface area contributed by atoms with E-state index < -0.39 is 0 Å². The van der Waals surface area contributed by atoms with E-state index in [-0.39, 0.29) is 6.61 Å². The van der Waals surface area contributed by atoms with Crippen molar-refractivity contribution in [2.75, 3.05) is 7.11 Å². The molecule has 0 unspecified atom stereocenters.